The van der Waals surface area contributed by atoms with Crippen LogP contribution < -0.4 is 5.73 Å². The predicted molar refractivity (Wildman–Crippen MR) is 91.4 cm³/mol. The average Bonchev–Trinajstić information content (AvgIpc) is 2.91. The lowest BCUT2D eigenvalue weighted by Crippen LogP contribution is -2.53. The molecule has 1 amide bonds. The van der Waals surface area contributed by atoms with E-state index in [1.54, 1.807) is 43.0 Å². The number of nitrogens with zero attached hydrogens (tertiary/aromatic N) is 2. The van der Waals surface area contributed by atoms with Crippen molar-refractivity contribution >= 4 is 33.4 Å². The molecule has 0 aliphatic carbocycles. The smallest absolute Gasteiger partial charge is 0.243 e. The number of sulfonamides is 1. The molecule has 0 atom stereocenters. The molecular formula is C15H21N3O3S2. The largest absolute Gasteiger partial charge is 0.399 e. The van der Waals surface area contributed by atoms with Gasteiger partial charge in [-0.2, -0.15) is 4.31 Å². The van der Waals surface area contributed by atoms with Gasteiger partial charge in [0.15, 0.2) is 0 Å². The predicted octanol–water partition coefficient (Wildman–Crippen LogP) is 1.34. The maximum Gasteiger partial charge on any atom is 0.243 e. The Labute approximate surface area is 141 Å². The minimum atomic E-state index is -3.50. The summed E-state index contributed by atoms with van der Waals surface area (Å²) in [7, 11) is -3.50. The van der Waals surface area contributed by atoms with Crippen molar-refractivity contribution in [2.45, 2.75) is 29.5 Å². The quantitative estimate of drug-likeness (QED) is 0.810. The summed E-state index contributed by atoms with van der Waals surface area (Å²) >= 11 is 1.78. The number of nitrogens with two attached hydrogens (primary N) is 1. The van der Waals surface area contributed by atoms with E-state index < -0.39 is 10.0 Å². The Morgan fingerprint density at radius 3 is 2.35 bits per heavy atom. The highest BCUT2D eigenvalue weighted by Crippen LogP contribution is 2.44. The number of carbonyl (C=O) groups is 1. The van der Waals surface area contributed by atoms with E-state index >= 15 is 0 Å². The summed E-state index contributed by atoms with van der Waals surface area (Å²) in [5.74, 6) is 0.995. The highest BCUT2D eigenvalue weighted by atomic mass is 32.2. The maximum atomic E-state index is 12.7. The molecule has 6 nitrogen and oxygen atoms in total. The molecule has 1 aromatic carbocycles. The minimum Gasteiger partial charge on any atom is -0.399 e. The molecule has 2 heterocycles. The zero-order valence-corrected chi connectivity index (χ0v) is 14.7. The van der Waals surface area contributed by atoms with Gasteiger partial charge in [-0.15, -0.1) is 11.8 Å². The SMILES string of the molecule is CC(=O)N1CCSC12CCN(S(=O)(=O)c1ccc(N)cc1)CC2. The van der Waals surface area contributed by atoms with Crippen LogP contribution >= 0.6 is 11.8 Å². The molecule has 8 heteroatoms. The summed E-state index contributed by atoms with van der Waals surface area (Å²) in [5, 5.41) is 0. The van der Waals surface area contributed by atoms with Crippen LogP contribution in [0.2, 0.25) is 0 Å². The van der Waals surface area contributed by atoms with Gasteiger partial charge >= 0.3 is 0 Å². The van der Waals surface area contributed by atoms with Gasteiger partial charge in [0.1, 0.15) is 0 Å². The van der Waals surface area contributed by atoms with Crippen molar-refractivity contribution in [1.29, 1.82) is 0 Å². The molecule has 23 heavy (non-hydrogen) atoms. The first kappa shape index (κ1) is 16.6. The number of nitrogen functional groups attached to an aromatic ring is 1. The van der Waals surface area contributed by atoms with Crippen molar-refractivity contribution in [3.8, 4) is 0 Å². The number of benzene rings is 1. The van der Waals surface area contributed by atoms with Crippen LogP contribution in [0, 0.1) is 0 Å². The summed E-state index contributed by atoms with van der Waals surface area (Å²) in [4.78, 5) is 13.8. The van der Waals surface area contributed by atoms with Crippen molar-refractivity contribution in [3.05, 3.63) is 24.3 Å². The Morgan fingerprint density at radius 1 is 1.17 bits per heavy atom. The van der Waals surface area contributed by atoms with Crippen molar-refractivity contribution in [3.63, 3.8) is 0 Å². The number of carbonyl (C=O) groups excluding carboxylic acids is 1. The Balaban J connectivity index is 1.76. The van der Waals surface area contributed by atoms with Crippen LogP contribution in [0.3, 0.4) is 0 Å². The zero-order valence-electron chi connectivity index (χ0n) is 13.1. The summed E-state index contributed by atoms with van der Waals surface area (Å²) in [6.45, 7) is 3.21. The van der Waals surface area contributed by atoms with Gasteiger partial charge in [0.25, 0.3) is 0 Å². The molecule has 2 aliphatic rings. The summed E-state index contributed by atoms with van der Waals surface area (Å²) in [6, 6.07) is 6.29. The Morgan fingerprint density at radius 2 is 1.78 bits per heavy atom. The monoisotopic (exact) mass is 355 g/mol. The van der Waals surface area contributed by atoms with E-state index in [0.717, 1.165) is 12.3 Å². The minimum absolute atomic E-state index is 0.0739. The van der Waals surface area contributed by atoms with Crippen LogP contribution in [0.1, 0.15) is 19.8 Å². The Bertz CT molecular complexity index is 695. The normalized spacial score (nSPS) is 21.7. The summed E-state index contributed by atoms with van der Waals surface area (Å²) in [6.07, 6.45) is 1.34. The first-order valence-electron chi connectivity index (χ1n) is 7.63. The van der Waals surface area contributed by atoms with Gasteiger partial charge in [-0.05, 0) is 37.1 Å². The van der Waals surface area contributed by atoms with Crippen LogP contribution in [0.4, 0.5) is 5.69 Å². The highest BCUT2D eigenvalue weighted by Gasteiger charge is 2.46. The lowest BCUT2D eigenvalue weighted by Gasteiger charge is -2.43. The molecule has 2 fully saturated rings. The van der Waals surface area contributed by atoms with E-state index in [1.165, 1.54) is 4.31 Å². The van der Waals surface area contributed by atoms with Crippen LogP contribution in [-0.4, -0.2) is 53.8 Å². The van der Waals surface area contributed by atoms with Gasteiger partial charge in [0.2, 0.25) is 15.9 Å². The van der Waals surface area contributed by atoms with Gasteiger partial charge in [-0.3, -0.25) is 4.79 Å². The molecule has 0 bridgehead atoms. The molecule has 1 spiro atoms. The van der Waals surface area contributed by atoms with Crippen molar-refractivity contribution in [2.75, 3.05) is 31.1 Å². The van der Waals surface area contributed by atoms with Crippen molar-refractivity contribution < 1.29 is 13.2 Å². The molecule has 2 N–H and O–H groups in total. The first-order valence-corrected chi connectivity index (χ1v) is 10.1. The van der Waals surface area contributed by atoms with E-state index in [2.05, 4.69) is 0 Å². The molecule has 126 valence electrons. The third kappa shape index (κ3) is 2.95. The van der Waals surface area contributed by atoms with Crippen LogP contribution in [0.25, 0.3) is 0 Å². The van der Waals surface area contributed by atoms with Gasteiger partial charge in [0, 0.05) is 38.0 Å². The molecule has 0 saturated carbocycles. The second-order valence-corrected chi connectivity index (χ2v) is 9.33. The third-order valence-corrected chi connectivity index (χ3v) is 8.04. The summed E-state index contributed by atoms with van der Waals surface area (Å²) in [5.41, 5.74) is 6.16. The summed E-state index contributed by atoms with van der Waals surface area (Å²) < 4.78 is 26.9. The molecule has 0 aromatic heterocycles. The van der Waals surface area contributed by atoms with Crippen LogP contribution in [0.5, 0.6) is 0 Å². The first-order chi connectivity index (χ1) is 10.8. The van der Waals surface area contributed by atoms with E-state index in [9.17, 15) is 13.2 Å². The number of hydrogen-bond acceptors (Lipinski definition) is 5. The molecule has 0 unspecified atom stereocenters. The molecule has 1 aromatic rings. The Kier molecular flexibility index (Phi) is 4.33. The fourth-order valence-electron chi connectivity index (χ4n) is 3.33. The van der Waals surface area contributed by atoms with Crippen LogP contribution in [-0.2, 0) is 14.8 Å². The van der Waals surface area contributed by atoms with E-state index in [0.29, 0.717) is 31.6 Å². The molecule has 2 aliphatic heterocycles. The van der Waals surface area contributed by atoms with E-state index in [4.69, 9.17) is 5.73 Å². The standard InChI is InChI=1S/C15H21N3O3S2/c1-12(19)18-10-11-22-15(18)6-8-17(9-7-15)23(20,21)14-4-2-13(16)3-5-14/h2-5H,6-11,16H2,1H3. The number of rotatable bonds is 2. The fraction of sp³-hybridized carbons (Fsp3) is 0.533. The zero-order chi connectivity index (χ0) is 16.7. The third-order valence-electron chi connectivity index (χ3n) is 4.58. The molecule has 3 rings (SSSR count). The van der Waals surface area contributed by atoms with Gasteiger partial charge in [-0.1, -0.05) is 0 Å². The molecule has 0 radical (unpaired) electrons. The number of amides is 1. The number of anilines is 1. The lowest BCUT2D eigenvalue weighted by atomic mass is 10.0. The number of hydrogen-bond donors (Lipinski definition) is 1. The second-order valence-electron chi connectivity index (χ2n) is 5.94. The molecule has 2 saturated heterocycles. The Hall–Kier alpha value is -1.25. The topological polar surface area (TPSA) is 83.7 Å². The lowest BCUT2D eigenvalue weighted by molar-refractivity contribution is -0.132. The molecular weight excluding hydrogens is 334 g/mol. The average molecular weight is 355 g/mol. The number of piperidine rings is 1. The van der Waals surface area contributed by atoms with Gasteiger partial charge in [0.05, 0.1) is 9.77 Å². The second kappa shape index (κ2) is 5.99. The van der Waals surface area contributed by atoms with Crippen LogP contribution in [0.15, 0.2) is 29.2 Å². The maximum absolute atomic E-state index is 12.7. The van der Waals surface area contributed by atoms with E-state index in [1.807, 2.05) is 4.90 Å². The van der Waals surface area contributed by atoms with Gasteiger partial charge < -0.3 is 10.6 Å². The fourth-order valence-corrected chi connectivity index (χ4v) is 6.27. The highest BCUT2D eigenvalue weighted by molar-refractivity contribution is 8.00. The number of thioether (sulfide) groups is 1. The van der Waals surface area contributed by atoms with Crippen molar-refractivity contribution in [1.82, 2.24) is 9.21 Å². The van der Waals surface area contributed by atoms with Crippen molar-refractivity contribution in [2.24, 2.45) is 0 Å². The van der Waals surface area contributed by atoms with E-state index in [-0.39, 0.29) is 15.7 Å². The van der Waals surface area contributed by atoms with Gasteiger partial charge in [-0.25, -0.2) is 8.42 Å².